The van der Waals surface area contributed by atoms with Crippen molar-refractivity contribution in [2.24, 2.45) is 40.4 Å². The van der Waals surface area contributed by atoms with E-state index in [2.05, 4.69) is 20.4 Å². The van der Waals surface area contributed by atoms with Gasteiger partial charge in [0.1, 0.15) is 11.7 Å². The van der Waals surface area contributed by atoms with Gasteiger partial charge in [0, 0.05) is 24.2 Å². The lowest BCUT2D eigenvalue weighted by molar-refractivity contribution is -0.331. The van der Waals surface area contributed by atoms with Crippen molar-refractivity contribution in [1.29, 1.82) is 0 Å². The summed E-state index contributed by atoms with van der Waals surface area (Å²) in [6, 6.07) is 0. The Kier molecular flexibility index (Phi) is 5.10. The van der Waals surface area contributed by atoms with Crippen LogP contribution in [0.15, 0.2) is 12.2 Å². The van der Waals surface area contributed by atoms with E-state index in [1.165, 1.54) is 0 Å². The SMILES string of the molecule is C=C1CCC2(OC1)OC1CC3C4CC(O)C5(O)C(O)C(O)CC(O)C5(C)C4CCC3(C)C1C2C. The Morgan fingerprint density at radius 2 is 1.71 bits per heavy atom. The van der Waals surface area contributed by atoms with Crippen molar-refractivity contribution in [1.82, 2.24) is 0 Å². The Morgan fingerprint density at radius 1 is 0.971 bits per heavy atom. The van der Waals surface area contributed by atoms with Crippen LogP contribution in [-0.2, 0) is 9.47 Å². The van der Waals surface area contributed by atoms with Gasteiger partial charge in [-0.25, -0.2) is 0 Å². The number of ether oxygens (including phenoxy) is 2. The Hall–Kier alpha value is -0.540. The predicted octanol–water partition coefficient (Wildman–Crippen LogP) is 1.74. The average molecular weight is 479 g/mol. The van der Waals surface area contributed by atoms with Crippen LogP contribution in [0, 0.1) is 40.4 Å². The summed E-state index contributed by atoms with van der Waals surface area (Å²) in [4.78, 5) is 0. The number of hydrogen-bond acceptors (Lipinski definition) is 7. The maximum atomic E-state index is 11.7. The van der Waals surface area contributed by atoms with Crippen LogP contribution in [0.2, 0.25) is 0 Å². The Bertz CT molecular complexity index is 867. The van der Waals surface area contributed by atoms with Gasteiger partial charge in [-0.3, -0.25) is 0 Å². The molecular formula is C27H42O7. The molecule has 34 heavy (non-hydrogen) atoms. The number of rotatable bonds is 0. The molecule has 7 nitrogen and oxygen atoms in total. The van der Waals surface area contributed by atoms with Gasteiger partial charge >= 0.3 is 0 Å². The van der Waals surface area contributed by atoms with Crippen LogP contribution in [0.4, 0.5) is 0 Å². The molecule has 192 valence electrons. The first-order chi connectivity index (χ1) is 15.9. The summed E-state index contributed by atoms with van der Waals surface area (Å²) >= 11 is 0. The van der Waals surface area contributed by atoms with Crippen LogP contribution in [0.5, 0.6) is 0 Å². The van der Waals surface area contributed by atoms with Gasteiger partial charge in [0.25, 0.3) is 0 Å². The van der Waals surface area contributed by atoms with Crippen molar-refractivity contribution in [3.8, 4) is 0 Å². The number of aliphatic hydroxyl groups excluding tert-OH is 4. The summed E-state index contributed by atoms with van der Waals surface area (Å²) in [6.45, 7) is 11.1. The van der Waals surface area contributed by atoms with E-state index in [0.29, 0.717) is 24.9 Å². The van der Waals surface area contributed by atoms with Gasteiger partial charge in [0.05, 0.1) is 31.0 Å². The lowest BCUT2D eigenvalue weighted by Crippen LogP contribution is -2.78. The molecule has 0 aromatic heterocycles. The minimum absolute atomic E-state index is 0.00833. The highest BCUT2D eigenvalue weighted by Crippen LogP contribution is 2.71. The fourth-order valence-corrected chi connectivity index (χ4v) is 10.2. The largest absolute Gasteiger partial charge is 0.392 e. The highest BCUT2D eigenvalue weighted by molar-refractivity contribution is 5.23. The van der Waals surface area contributed by atoms with E-state index >= 15 is 0 Å². The molecule has 2 saturated heterocycles. The smallest absolute Gasteiger partial charge is 0.172 e. The summed E-state index contributed by atoms with van der Waals surface area (Å²) in [5.41, 5.74) is -1.87. The summed E-state index contributed by atoms with van der Waals surface area (Å²) in [6.07, 6.45) is -0.0298. The normalized spacial score (nSPS) is 63.2. The fourth-order valence-electron chi connectivity index (χ4n) is 10.2. The monoisotopic (exact) mass is 478 g/mol. The zero-order chi connectivity index (χ0) is 24.4. The molecule has 4 aliphatic carbocycles. The van der Waals surface area contributed by atoms with Crippen LogP contribution in [0.3, 0.4) is 0 Å². The van der Waals surface area contributed by atoms with Gasteiger partial charge < -0.3 is 35.0 Å². The maximum absolute atomic E-state index is 11.7. The first-order valence-corrected chi connectivity index (χ1v) is 13.3. The summed E-state index contributed by atoms with van der Waals surface area (Å²) < 4.78 is 13.0. The highest BCUT2D eigenvalue weighted by Gasteiger charge is 2.75. The van der Waals surface area contributed by atoms with Crippen LogP contribution >= 0.6 is 0 Å². The van der Waals surface area contributed by atoms with Crippen molar-refractivity contribution in [3.05, 3.63) is 12.2 Å². The standard InChI is InChI=1S/C27H42O7/c1-13-5-8-26(33-12-13)14(2)22-19(34-26)10-17-15-9-21(30)27(32)23(31)18(28)11-20(29)25(27,4)16(15)6-7-24(17,22)3/h14-23,28-32H,1,5-12H2,2-4H3. The summed E-state index contributed by atoms with van der Waals surface area (Å²) in [5.74, 6) is 0.454. The molecule has 0 aromatic carbocycles. The van der Waals surface area contributed by atoms with Crippen molar-refractivity contribution in [3.63, 3.8) is 0 Å². The van der Waals surface area contributed by atoms with Gasteiger partial charge in [-0.15, -0.1) is 0 Å². The van der Waals surface area contributed by atoms with E-state index in [4.69, 9.17) is 9.47 Å². The first kappa shape index (κ1) is 23.8. The molecule has 4 saturated carbocycles. The zero-order valence-electron chi connectivity index (χ0n) is 20.7. The van der Waals surface area contributed by atoms with Gasteiger partial charge in [-0.05, 0) is 61.2 Å². The molecule has 14 unspecified atom stereocenters. The molecular weight excluding hydrogens is 436 g/mol. The zero-order valence-corrected chi connectivity index (χ0v) is 20.7. The second-order valence-electron chi connectivity index (χ2n) is 13.1. The molecule has 0 amide bonds. The Morgan fingerprint density at radius 3 is 2.38 bits per heavy atom. The van der Waals surface area contributed by atoms with Crippen molar-refractivity contribution in [2.45, 2.75) is 108 Å². The maximum Gasteiger partial charge on any atom is 0.172 e. The second-order valence-corrected chi connectivity index (χ2v) is 13.1. The lowest BCUT2D eigenvalue weighted by Gasteiger charge is -2.67. The van der Waals surface area contributed by atoms with E-state index in [1.807, 2.05) is 6.92 Å². The highest BCUT2D eigenvalue weighted by atomic mass is 16.7. The first-order valence-electron chi connectivity index (χ1n) is 13.3. The van der Waals surface area contributed by atoms with Crippen LogP contribution < -0.4 is 0 Å². The molecule has 1 spiro atoms. The lowest BCUT2D eigenvalue weighted by atomic mass is 9.41. The molecule has 5 N–H and O–H groups in total. The molecule has 7 heteroatoms. The number of aliphatic hydroxyl groups is 5. The van der Waals surface area contributed by atoms with Crippen molar-refractivity contribution < 1.29 is 35.0 Å². The van der Waals surface area contributed by atoms with Gasteiger partial charge in [-0.1, -0.05) is 32.9 Å². The van der Waals surface area contributed by atoms with Gasteiger partial charge in [0.15, 0.2) is 5.79 Å². The third-order valence-electron chi connectivity index (χ3n) is 12.1. The van der Waals surface area contributed by atoms with Crippen molar-refractivity contribution in [2.75, 3.05) is 6.61 Å². The topological polar surface area (TPSA) is 120 Å². The number of fused-ring (bicyclic) bond motifs is 7. The van der Waals surface area contributed by atoms with Gasteiger partial charge in [-0.2, -0.15) is 0 Å². The van der Waals surface area contributed by atoms with Gasteiger partial charge in [0.2, 0.25) is 0 Å². The van der Waals surface area contributed by atoms with E-state index in [1.54, 1.807) is 0 Å². The molecule has 0 bridgehead atoms. The molecule has 6 fully saturated rings. The molecule has 6 rings (SSSR count). The van der Waals surface area contributed by atoms with Crippen LogP contribution in [-0.4, -0.2) is 74.0 Å². The minimum atomic E-state index is -1.93. The molecule has 0 radical (unpaired) electrons. The molecule has 6 aliphatic rings. The average Bonchev–Trinajstić information content (AvgIpc) is 3.23. The fraction of sp³-hybridized carbons (Fsp3) is 0.926. The predicted molar refractivity (Wildman–Crippen MR) is 123 cm³/mol. The van der Waals surface area contributed by atoms with Crippen LogP contribution in [0.1, 0.15) is 65.7 Å². The second kappa shape index (κ2) is 7.27. The van der Waals surface area contributed by atoms with E-state index in [-0.39, 0.29) is 35.7 Å². The van der Waals surface area contributed by atoms with E-state index in [9.17, 15) is 25.5 Å². The minimum Gasteiger partial charge on any atom is -0.392 e. The molecule has 2 heterocycles. The molecule has 0 aromatic rings. The number of hydrogen-bond donors (Lipinski definition) is 5. The molecule has 14 atom stereocenters. The third-order valence-corrected chi connectivity index (χ3v) is 12.1. The van der Waals surface area contributed by atoms with Crippen molar-refractivity contribution >= 4 is 0 Å². The Labute approximate surface area is 202 Å². The summed E-state index contributed by atoms with van der Waals surface area (Å²) in [7, 11) is 0. The van der Waals surface area contributed by atoms with E-state index < -0.39 is 41.2 Å². The third kappa shape index (κ3) is 2.62. The Balaban J connectivity index is 1.33. The van der Waals surface area contributed by atoms with Crippen LogP contribution in [0.25, 0.3) is 0 Å². The summed E-state index contributed by atoms with van der Waals surface area (Å²) in [5, 5.41) is 55.3. The quantitative estimate of drug-likeness (QED) is 0.337. The van der Waals surface area contributed by atoms with E-state index in [0.717, 1.165) is 37.7 Å². The molecule has 2 aliphatic heterocycles.